The highest BCUT2D eigenvalue weighted by Crippen LogP contribution is 2.34. The molecule has 0 unspecified atom stereocenters. The second-order valence-corrected chi connectivity index (χ2v) is 9.16. The van der Waals surface area contributed by atoms with Crippen molar-refractivity contribution >= 4 is 21.8 Å². The van der Waals surface area contributed by atoms with Crippen LogP contribution in [-0.2, 0) is 30.9 Å². The number of hydrogen-bond donors (Lipinski definition) is 2. The molecule has 1 atom stereocenters. The van der Waals surface area contributed by atoms with Gasteiger partial charge in [-0.15, -0.1) is 0 Å². The molecule has 1 saturated heterocycles. The van der Waals surface area contributed by atoms with Gasteiger partial charge in [0.2, 0.25) is 10.0 Å². The second-order valence-electron chi connectivity index (χ2n) is 7.27. The molecular formula is C21H22FN3O7S. The summed E-state index contributed by atoms with van der Waals surface area (Å²) in [6.07, 6.45) is -0.975. The van der Waals surface area contributed by atoms with Crippen LogP contribution in [0.1, 0.15) is 5.56 Å². The first kappa shape index (κ1) is 23.0. The molecule has 0 aliphatic carbocycles. The van der Waals surface area contributed by atoms with Crippen molar-refractivity contribution in [2.45, 2.75) is 17.7 Å². The Kier molecular flexibility index (Phi) is 6.77. The van der Waals surface area contributed by atoms with Gasteiger partial charge in [0.15, 0.2) is 11.5 Å². The third-order valence-corrected chi connectivity index (χ3v) is 6.96. The molecule has 2 aromatic carbocycles. The van der Waals surface area contributed by atoms with Crippen molar-refractivity contribution in [2.75, 3.05) is 32.9 Å². The van der Waals surface area contributed by atoms with Crippen LogP contribution in [0.4, 0.5) is 4.39 Å². The molecule has 2 amide bonds. The number of benzene rings is 2. The summed E-state index contributed by atoms with van der Waals surface area (Å²) >= 11 is 0. The van der Waals surface area contributed by atoms with Gasteiger partial charge in [-0.3, -0.25) is 9.59 Å². The first-order chi connectivity index (χ1) is 15.8. The largest absolute Gasteiger partial charge is 0.486 e. The summed E-state index contributed by atoms with van der Waals surface area (Å²) in [6.45, 7) is 0.762. The van der Waals surface area contributed by atoms with Crippen molar-refractivity contribution in [1.29, 1.82) is 0 Å². The third kappa shape index (κ3) is 5.24. The number of hydrogen-bond acceptors (Lipinski definition) is 7. The lowest BCUT2D eigenvalue weighted by molar-refractivity contribution is -0.139. The van der Waals surface area contributed by atoms with E-state index in [1.807, 2.05) is 0 Å². The maximum Gasteiger partial charge on any atom is 0.309 e. The van der Waals surface area contributed by atoms with Gasteiger partial charge in [0.1, 0.15) is 25.3 Å². The predicted molar refractivity (Wildman–Crippen MR) is 112 cm³/mol. The van der Waals surface area contributed by atoms with E-state index in [0.29, 0.717) is 30.3 Å². The number of ether oxygens (including phenoxy) is 3. The number of nitrogens with zero attached hydrogens (tertiary/aromatic N) is 1. The van der Waals surface area contributed by atoms with E-state index >= 15 is 0 Å². The SMILES string of the molecule is O=C(NCc1ccc(F)cc1)C(=O)NC[C@H]1OCCN1S(=O)(=O)c1ccc2c(c1)OCCO2. The lowest BCUT2D eigenvalue weighted by atomic mass is 10.2. The van der Waals surface area contributed by atoms with Crippen molar-refractivity contribution < 1.29 is 36.6 Å². The zero-order valence-corrected chi connectivity index (χ0v) is 18.3. The fraction of sp³-hybridized carbons (Fsp3) is 0.333. The first-order valence-electron chi connectivity index (χ1n) is 10.2. The highest BCUT2D eigenvalue weighted by atomic mass is 32.2. The number of nitrogens with one attached hydrogen (secondary N) is 2. The van der Waals surface area contributed by atoms with Gasteiger partial charge in [-0.1, -0.05) is 12.1 Å². The molecule has 2 N–H and O–H groups in total. The molecule has 2 aromatic rings. The molecule has 2 aliphatic heterocycles. The van der Waals surface area contributed by atoms with Crippen LogP contribution in [0.5, 0.6) is 11.5 Å². The number of halogens is 1. The number of carbonyl (C=O) groups excluding carboxylic acids is 2. The van der Waals surface area contributed by atoms with Gasteiger partial charge in [0.25, 0.3) is 0 Å². The summed E-state index contributed by atoms with van der Waals surface area (Å²) < 4.78 is 56.6. The number of amides is 2. The molecule has 2 heterocycles. The van der Waals surface area contributed by atoms with Gasteiger partial charge >= 0.3 is 11.8 Å². The fourth-order valence-electron chi connectivity index (χ4n) is 3.39. The zero-order chi connectivity index (χ0) is 23.4. The monoisotopic (exact) mass is 479 g/mol. The summed E-state index contributed by atoms with van der Waals surface area (Å²) in [5.41, 5.74) is 0.619. The summed E-state index contributed by atoms with van der Waals surface area (Å²) in [5.74, 6) is -1.45. The lowest BCUT2D eigenvalue weighted by Crippen LogP contribution is -2.47. The van der Waals surface area contributed by atoms with E-state index in [1.54, 1.807) is 0 Å². The van der Waals surface area contributed by atoms with Crippen molar-refractivity contribution in [3.05, 3.63) is 53.8 Å². The van der Waals surface area contributed by atoms with Crippen LogP contribution in [0.15, 0.2) is 47.4 Å². The Morgan fingerprint density at radius 3 is 2.42 bits per heavy atom. The van der Waals surface area contributed by atoms with Gasteiger partial charge in [-0.05, 0) is 29.8 Å². The van der Waals surface area contributed by atoms with Crippen LogP contribution in [0.25, 0.3) is 0 Å². The van der Waals surface area contributed by atoms with Gasteiger partial charge < -0.3 is 24.8 Å². The van der Waals surface area contributed by atoms with Crippen LogP contribution >= 0.6 is 0 Å². The number of rotatable bonds is 6. The van der Waals surface area contributed by atoms with Gasteiger partial charge in [-0.2, -0.15) is 4.31 Å². The zero-order valence-electron chi connectivity index (χ0n) is 17.5. The third-order valence-electron chi connectivity index (χ3n) is 5.07. The fourth-order valence-corrected chi connectivity index (χ4v) is 4.91. The molecule has 0 radical (unpaired) electrons. The molecule has 12 heteroatoms. The molecule has 1 fully saturated rings. The Bertz CT molecular complexity index is 1140. The van der Waals surface area contributed by atoms with E-state index in [0.717, 1.165) is 4.31 Å². The van der Waals surface area contributed by atoms with E-state index in [9.17, 15) is 22.4 Å². The minimum absolute atomic E-state index is 0.00520. The Balaban J connectivity index is 1.34. The maximum atomic E-state index is 13.1. The molecule has 10 nitrogen and oxygen atoms in total. The van der Waals surface area contributed by atoms with E-state index in [1.165, 1.54) is 42.5 Å². The predicted octanol–water partition coefficient (Wildman–Crippen LogP) is 0.376. The molecule has 4 rings (SSSR count). The maximum absolute atomic E-state index is 13.1. The normalized spacial score (nSPS) is 18.0. The molecule has 0 saturated carbocycles. The molecular weight excluding hydrogens is 457 g/mol. The second kappa shape index (κ2) is 9.73. The van der Waals surface area contributed by atoms with Crippen LogP contribution in [0.2, 0.25) is 0 Å². The summed E-state index contributed by atoms with van der Waals surface area (Å²) in [5, 5.41) is 4.80. The van der Waals surface area contributed by atoms with E-state index in [4.69, 9.17) is 14.2 Å². The summed E-state index contributed by atoms with van der Waals surface area (Å²) in [7, 11) is -3.95. The minimum Gasteiger partial charge on any atom is -0.486 e. The van der Waals surface area contributed by atoms with E-state index < -0.39 is 33.9 Å². The Morgan fingerprint density at radius 2 is 1.67 bits per heavy atom. The van der Waals surface area contributed by atoms with E-state index in [2.05, 4.69) is 10.6 Å². The number of carbonyl (C=O) groups is 2. The molecule has 176 valence electrons. The number of fused-ring (bicyclic) bond motifs is 1. The van der Waals surface area contributed by atoms with Crippen LogP contribution in [0.3, 0.4) is 0 Å². The highest BCUT2D eigenvalue weighted by molar-refractivity contribution is 7.89. The average molecular weight is 479 g/mol. The lowest BCUT2D eigenvalue weighted by Gasteiger charge is -2.24. The Labute approximate surface area is 189 Å². The standard InChI is InChI=1S/C21H22FN3O7S/c22-15-3-1-14(2-4-15)12-23-20(26)21(27)24-13-19-25(7-8-32-19)33(28,29)16-5-6-17-18(11-16)31-10-9-30-17/h1-6,11,19H,7-10,12-13H2,(H,23,26)(H,24,27)/t19-/m1/s1. The van der Waals surface area contributed by atoms with Gasteiger partial charge in [-0.25, -0.2) is 12.8 Å². The molecule has 0 spiro atoms. The van der Waals surface area contributed by atoms with Gasteiger partial charge in [0, 0.05) is 19.2 Å². The van der Waals surface area contributed by atoms with Crippen LogP contribution in [0, 0.1) is 5.82 Å². The van der Waals surface area contributed by atoms with Crippen LogP contribution < -0.4 is 20.1 Å². The van der Waals surface area contributed by atoms with Crippen molar-refractivity contribution in [1.82, 2.24) is 14.9 Å². The smallest absolute Gasteiger partial charge is 0.309 e. The van der Waals surface area contributed by atoms with Gasteiger partial charge in [0.05, 0.1) is 18.0 Å². The quantitative estimate of drug-likeness (QED) is 0.574. The summed E-state index contributed by atoms with van der Waals surface area (Å²) in [4.78, 5) is 24.2. The molecule has 2 aliphatic rings. The topological polar surface area (TPSA) is 123 Å². The highest BCUT2D eigenvalue weighted by Gasteiger charge is 2.37. The molecule has 33 heavy (non-hydrogen) atoms. The average Bonchev–Trinajstić information content (AvgIpc) is 3.31. The van der Waals surface area contributed by atoms with Crippen molar-refractivity contribution in [3.8, 4) is 11.5 Å². The first-order valence-corrected chi connectivity index (χ1v) is 11.6. The Hall–Kier alpha value is -3.22. The minimum atomic E-state index is -3.95. The van der Waals surface area contributed by atoms with Crippen LogP contribution in [-0.4, -0.2) is 63.7 Å². The molecule has 0 aromatic heterocycles. The Morgan fingerprint density at radius 1 is 0.970 bits per heavy atom. The van der Waals surface area contributed by atoms with Crippen molar-refractivity contribution in [3.63, 3.8) is 0 Å². The molecule has 0 bridgehead atoms. The number of sulfonamides is 1. The van der Waals surface area contributed by atoms with E-state index in [-0.39, 0.29) is 31.1 Å². The van der Waals surface area contributed by atoms with Crippen molar-refractivity contribution in [2.24, 2.45) is 0 Å². The summed E-state index contributed by atoms with van der Waals surface area (Å²) in [6, 6.07) is 9.80.